The molecule has 2 aliphatic rings. The van der Waals surface area contributed by atoms with E-state index < -0.39 is 0 Å². The summed E-state index contributed by atoms with van der Waals surface area (Å²) in [5.41, 5.74) is 1.40. The average Bonchev–Trinajstić information content (AvgIpc) is 3.44. The number of hydrogen-bond donors (Lipinski definition) is 2. The van der Waals surface area contributed by atoms with Crippen molar-refractivity contribution in [2.24, 2.45) is 5.92 Å². The van der Waals surface area contributed by atoms with Crippen LogP contribution in [-0.4, -0.2) is 42.4 Å². The molecule has 1 heterocycles. The lowest BCUT2D eigenvalue weighted by Gasteiger charge is -2.32. The molecule has 1 aromatic rings. The Hall–Kier alpha value is -2.55. The van der Waals surface area contributed by atoms with Crippen molar-refractivity contribution >= 4 is 17.5 Å². The Bertz CT molecular complexity index is 646. The summed E-state index contributed by atoms with van der Waals surface area (Å²) in [5, 5.41) is 14.9. The fourth-order valence-corrected chi connectivity index (χ4v) is 2.92. The van der Waals surface area contributed by atoms with E-state index in [1.807, 2.05) is 0 Å². The third-order valence-corrected chi connectivity index (χ3v) is 4.53. The highest BCUT2D eigenvalue weighted by molar-refractivity contribution is 5.83. The molecule has 24 heavy (non-hydrogen) atoms. The number of likely N-dealkylation sites (tertiary alicyclic amines) is 1. The number of benzene rings is 1. The van der Waals surface area contributed by atoms with Crippen molar-refractivity contribution in [2.75, 3.05) is 25.0 Å². The predicted octanol–water partition coefficient (Wildman–Crippen LogP) is 1.49. The van der Waals surface area contributed by atoms with Crippen molar-refractivity contribution in [2.45, 2.75) is 31.7 Å². The van der Waals surface area contributed by atoms with Gasteiger partial charge >= 0.3 is 0 Å². The van der Waals surface area contributed by atoms with Crippen LogP contribution in [0.25, 0.3) is 0 Å². The minimum absolute atomic E-state index is 0.00304. The number of nitrogens with zero attached hydrogens (tertiary/aromatic N) is 2. The van der Waals surface area contributed by atoms with E-state index in [0.29, 0.717) is 24.7 Å². The highest BCUT2D eigenvalue weighted by Gasteiger charge is 2.31. The highest BCUT2D eigenvalue weighted by atomic mass is 16.2. The second kappa shape index (κ2) is 7.35. The molecule has 3 rings (SSSR count). The van der Waals surface area contributed by atoms with E-state index in [4.69, 9.17) is 5.26 Å². The molecule has 1 saturated carbocycles. The van der Waals surface area contributed by atoms with Crippen LogP contribution in [0.2, 0.25) is 0 Å². The number of amides is 2. The van der Waals surface area contributed by atoms with Gasteiger partial charge in [-0.3, -0.25) is 9.59 Å². The molecule has 0 unspecified atom stereocenters. The van der Waals surface area contributed by atoms with Gasteiger partial charge in [0.2, 0.25) is 11.8 Å². The van der Waals surface area contributed by atoms with E-state index in [1.54, 1.807) is 29.2 Å². The number of piperidine rings is 1. The molecule has 1 aliphatic heterocycles. The molecular weight excluding hydrogens is 304 g/mol. The molecule has 1 aliphatic carbocycles. The third-order valence-electron chi connectivity index (χ3n) is 4.53. The van der Waals surface area contributed by atoms with Gasteiger partial charge in [0.1, 0.15) is 0 Å². The van der Waals surface area contributed by atoms with Gasteiger partial charge in [-0.1, -0.05) is 0 Å². The van der Waals surface area contributed by atoms with Crippen LogP contribution in [0.4, 0.5) is 5.69 Å². The van der Waals surface area contributed by atoms with E-state index in [1.165, 1.54) is 0 Å². The number of nitriles is 1. The molecule has 126 valence electrons. The summed E-state index contributed by atoms with van der Waals surface area (Å²) in [6.45, 7) is 1.41. The van der Waals surface area contributed by atoms with E-state index in [2.05, 4.69) is 16.7 Å². The second-order valence-corrected chi connectivity index (χ2v) is 6.50. The van der Waals surface area contributed by atoms with Crippen LogP contribution in [0.3, 0.4) is 0 Å². The topological polar surface area (TPSA) is 85.2 Å². The van der Waals surface area contributed by atoms with Crippen LogP contribution in [-0.2, 0) is 9.59 Å². The number of rotatable bonds is 5. The van der Waals surface area contributed by atoms with Gasteiger partial charge < -0.3 is 15.5 Å². The number of carbonyl (C=O) groups is 2. The zero-order valence-corrected chi connectivity index (χ0v) is 13.6. The SMILES string of the molecule is N#Cc1ccc(NCC(=O)N2CCC[C@@H](C(=O)NC3CC3)C2)cc1. The first kappa shape index (κ1) is 16.3. The van der Waals surface area contributed by atoms with Crippen LogP contribution < -0.4 is 10.6 Å². The van der Waals surface area contributed by atoms with Crippen molar-refractivity contribution in [1.82, 2.24) is 10.2 Å². The molecule has 1 saturated heterocycles. The van der Waals surface area contributed by atoms with Crippen molar-refractivity contribution in [1.29, 1.82) is 5.26 Å². The summed E-state index contributed by atoms with van der Waals surface area (Å²) in [7, 11) is 0. The molecule has 2 N–H and O–H groups in total. The Morgan fingerprint density at radius 2 is 1.96 bits per heavy atom. The monoisotopic (exact) mass is 326 g/mol. The van der Waals surface area contributed by atoms with E-state index in [0.717, 1.165) is 31.4 Å². The van der Waals surface area contributed by atoms with E-state index in [-0.39, 0.29) is 24.3 Å². The summed E-state index contributed by atoms with van der Waals surface area (Å²) in [4.78, 5) is 26.3. The minimum Gasteiger partial charge on any atom is -0.376 e. The van der Waals surface area contributed by atoms with E-state index in [9.17, 15) is 9.59 Å². The predicted molar refractivity (Wildman–Crippen MR) is 90.1 cm³/mol. The molecule has 0 radical (unpaired) electrons. The summed E-state index contributed by atoms with van der Waals surface area (Å²) >= 11 is 0. The van der Waals surface area contributed by atoms with Gasteiger partial charge in [-0.25, -0.2) is 0 Å². The van der Waals surface area contributed by atoms with Gasteiger partial charge in [0.15, 0.2) is 0 Å². The fraction of sp³-hybridized carbons (Fsp3) is 0.500. The van der Waals surface area contributed by atoms with Crippen LogP contribution in [0.1, 0.15) is 31.2 Å². The largest absolute Gasteiger partial charge is 0.376 e. The van der Waals surface area contributed by atoms with Gasteiger partial charge in [0, 0.05) is 24.8 Å². The summed E-state index contributed by atoms with van der Waals surface area (Å²) in [6, 6.07) is 9.43. The average molecular weight is 326 g/mol. The Morgan fingerprint density at radius 3 is 2.62 bits per heavy atom. The second-order valence-electron chi connectivity index (χ2n) is 6.50. The Labute approximate surface area is 141 Å². The number of anilines is 1. The molecular formula is C18H22N4O2. The quantitative estimate of drug-likeness (QED) is 0.858. The van der Waals surface area contributed by atoms with Crippen LogP contribution >= 0.6 is 0 Å². The van der Waals surface area contributed by atoms with Crippen molar-refractivity contribution < 1.29 is 9.59 Å². The molecule has 2 fully saturated rings. The zero-order valence-electron chi connectivity index (χ0n) is 13.6. The van der Waals surface area contributed by atoms with Crippen LogP contribution in [0, 0.1) is 17.2 Å². The normalized spacial score (nSPS) is 20.1. The lowest BCUT2D eigenvalue weighted by Crippen LogP contribution is -2.47. The molecule has 0 spiro atoms. The molecule has 2 amide bonds. The third kappa shape index (κ3) is 4.25. The maximum Gasteiger partial charge on any atom is 0.241 e. The first-order valence-corrected chi connectivity index (χ1v) is 8.48. The first-order valence-electron chi connectivity index (χ1n) is 8.48. The molecule has 6 nitrogen and oxygen atoms in total. The van der Waals surface area contributed by atoms with Gasteiger partial charge in [-0.15, -0.1) is 0 Å². The van der Waals surface area contributed by atoms with Crippen molar-refractivity contribution in [3.8, 4) is 6.07 Å². The number of carbonyl (C=O) groups excluding carboxylic acids is 2. The standard InChI is InChI=1S/C18H22N4O2/c19-10-13-3-5-15(6-4-13)20-11-17(23)22-9-1-2-14(12-22)18(24)21-16-7-8-16/h3-6,14,16,20H,1-2,7-9,11-12H2,(H,21,24)/t14-/m1/s1. The minimum atomic E-state index is -0.0850. The van der Waals surface area contributed by atoms with Gasteiger partial charge in [0.25, 0.3) is 0 Å². The first-order chi connectivity index (χ1) is 11.7. The Kier molecular flexibility index (Phi) is 4.99. The smallest absolute Gasteiger partial charge is 0.241 e. The lowest BCUT2D eigenvalue weighted by molar-refractivity contribution is -0.134. The van der Waals surface area contributed by atoms with E-state index >= 15 is 0 Å². The Balaban J connectivity index is 1.48. The number of nitrogens with one attached hydrogen (secondary N) is 2. The van der Waals surface area contributed by atoms with Crippen LogP contribution in [0.15, 0.2) is 24.3 Å². The van der Waals surface area contributed by atoms with Gasteiger partial charge in [0.05, 0.1) is 24.1 Å². The van der Waals surface area contributed by atoms with Crippen LogP contribution in [0.5, 0.6) is 0 Å². The highest BCUT2D eigenvalue weighted by Crippen LogP contribution is 2.22. The molecule has 0 bridgehead atoms. The maximum atomic E-state index is 12.4. The van der Waals surface area contributed by atoms with Crippen molar-refractivity contribution in [3.05, 3.63) is 29.8 Å². The van der Waals surface area contributed by atoms with Gasteiger partial charge in [-0.2, -0.15) is 5.26 Å². The lowest BCUT2D eigenvalue weighted by atomic mass is 9.97. The number of hydrogen-bond acceptors (Lipinski definition) is 4. The zero-order chi connectivity index (χ0) is 16.9. The van der Waals surface area contributed by atoms with Crippen molar-refractivity contribution in [3.63, 3.8) is 0 Å². The maximum absolute atomic E-state index is 12.4. The summed E-state index contributed by atoms with van der Waals surface area (Å²) < 4.78 is 0. The molecule has 1 atom stereocenters. The van der Waals surface area contributed by atoms with Gasteiger partial charge in [-0.05, 0) is 49.9 Å². The molecule has 0 aromatic heterocycles. The summed E-state index contributed by atoms with van der Waals surface area (Å²) in [6.07, 6.45) is 3.88. The molecule has 1 aromatic carbocycles. The molecule has 6 heteroatoms. The Morgan fingerprint density at radius 1 is 1.21 bits per heavy atom. The fourth-order valence-electron chi connectivity index (χ4n) is 2.92. The summed E-state index contributed by atoms with van der Waals surface area (Å²) in [5.74, 6) is 0.0107.